The van der Waals surface area contributed by atoms with Crippen LogP contribution in [0.3, 0.4) is 0 Å². The van der Waals surface area contributed by atoms with Crippen LogP contribution in [0.25, 0.3) is 0 Å². The van der Waals surface area contributed by atoms with Crippen molar-refractivity contribution < 1.29 is 0 Å². The van der Waals surface area contributed by atoms with Gasteiger partial charge in [0.2, 0.25) is 0 Å². The maximum absolute atomic E-state index is 4.22. The fraction of sp³-hybridized carbons (Fsp3) is 0.667. The smallest absolute Gasteiger partial charge is 0.0905 e. The van der Waals surface area contributed by atoms with Gasteiger partial charge < -0.3 is 4.90 Å². The molecule has 0 N–H and O–H groups in total. The molecule has 0 radical (unpaired) electrons. The lowest BCUT2D eigenvalue weighted by atomic mass is 10.4. The van der Waals surface area contributed by atoms with Crippen LogP contribution in [0, 0.1) is 0 Å². The van der Waals surface area contributed by atoms with E-state index in [9.17, 15) is 0 Å². The third-order valence-corrected chi connectivity index (χ3v) is 1.45. The lowest BCUT2D eigenvalue weighted by molar-refractivity contribution is 0.514. The molecule has 11 heavy (non-hydrogen) atoms. The van der Waals surface area contributed by atoms with Crippen LogP contribution in [0.4, 0.5) is 0 Å². The van der Waals surface area contributed by atoms with E-state index in [4.69, 9.17) is 0 Å². The SMILES string of the molecule is C/C=C(C)\N=C/N(C)CCC. The van der Waals surface area contributed by atoms with Gasteiger partial charge in [-0.2, -0.15) is 0 Å². The molecule has 0 aliphatic rings. The summed E-state index contributed by atoms with van der Waals surface area (Å²) in [6.07, 6.45) is 5.03. The van der Waals surface area contributed by atoms with Gasteiger partial charge in [0.15, 0.2) is 0 Å². The second-order valence-corrected chi connectivity index (χ2v) is 2.66. The highest BCUT2D eigenvalue weighted by Gasteiger charge is 1.86. The van der Waals surface area contributed by atoms with Crippen molar-refractivity contribution in [3.05, 3.63) is 11.8 Å². The summed E-state index contributed by atoms with van der Waals surface area (Å²) in [5.74, 6) is 0. The molecule has 0 atom stereocenters. The van der Waals surface area contributed by atoms with Gasteiger partial charge in [-0.15, -0.1) is 0 Å². The minimum atomic E-state index is 1.06. The highest BCUT2D eigenvalue weighted by Crippen LogP contribution is 1.92. The minimum Gasteiger partial charge on any atom is -0.366 e. The molecule has 2 heteroatoms. The predicted octanol–water partition coefficient (Wildman–Crippen LogP) is 2.28. The number of nitrogens with zero attached hydrogens (tertiary/aromatic N) is 2. The van der Waals surface area contributed by atoms with Gasteiger partial charge in [0.1, 0.15) is 0 Å². The second kappa shape index (κ2) is 5.96. The fourth-order valence-electron chi connectivity index (χ4n) is 0.675. The Balaban J connectivity index is 3.72. The summed E-state index contributed by atoms with van der Waals surface area (Å²) in [7, 11) is 2.04. The molecule has 0 spiro atoms. The Labute approximate surface area is 69.6 Å². The van der Waals surface area contributed by atoms with Gasteiger partial charge in [0.25, 0.3) is 0 Å². The molecule has 0 rings (SSSR count). The van der Waals surface area contributed by atoms with Crippen LogP contribution in [0.1, 0.15) is 27.2 Å². The third kappa shape index (κ3) is 5.64. The van der Waals surface area contributed by atoms with Crippen molar-refractivity contribution in [2.45, 2.75) is 27.2 Å². The van der Waals surface area contributed by atoms with E-state index in [0.717, 1.165) is 18.7 Å². The number of allylic oxidation sites excluding steroid dienone is 2. The molecule has 0 aliphatic carbocycles. The van der Waals surface area contributed by atoms with Crippen molar-refractivity contribution in [1.82, 2.24) is 4.90 Å². The van der Waals surface area contributed by atoms with E-state index in [1.807, 2.05) is 33.3 Å². The van der Waals surface area contributed by atoms with Gasteiger partial charge in [-0.05, 0) is 20.3 Å². The molecule has 0 aliphatic heterocycles. The average molecular weight is 154 g/mol. The van der Waals surface area contributed by atoms with Gasteiger partial charge in [0.05, 0.1) is 6.34 Å². The molecule has 0 aromatic carbocycles. The summed E-state index contributed by atoms with van der Waals surface area (Å²) >= 11 is 0. The van der Waals surface area contributed by atoms with Crippen LogP contribution < -0.4 is 0 Å². The third-order valence-electron chi connectivity index (χ3n) is 1.45. The number of hydrogen-bond acceptors (Lipinski definition) is 1. The Morgan fingerprint density at radius 2 is 2.18 bits per heavy atom. The second-order valence-electron chi connectivity index (χ2n) is 2.66. The van der Waals surface area contributed by atoms with Gasteiger partial charge in [-0.1, -0.05) is 13.0 Å². The van der Waals surface area contributed by atoms with Crippen molar-refractivity contribution >= 4 is 6.34 Å². The number of hydrogen-bond donors (Lipinski definition) is 0. The Morgan fingerprint density at radius 3 is 2.64 bits per heavy atom. The molecule has 0 saturated heterocycles. The quantitative estimate of drug-likeness (QED) is 0.448. The van der Waals surface area contributed by atoms with Gasteiger partial charge in [0, 0.05) is 19.3 Å². The van der Waals surface area contributed by atoms with E-state index in [1.54, 1.807) is 0 Å². The molecule has 0 aromatic heterocycles. The van der Waals surface area contributed by atoms with Crippen molar-refractivity contribution in [2.24, 2.45) is 4.99 Å². The molecule has 0 fully saturated rings. The monoisotopic (exact) mass is 154 g/mol. The van der Waals surface area contributed by atoms with E-state index in [0.29, 0.717) is 0 Å². The molecule has 0 aromatic rings. The molecule has 0 saturated carbocycles. The number of rotatable bonds is 4. The van der Waals surface area contributed by atoms with Crippen LogP contribution in [-0.4, -0.2) is 24.8 Å². The Morgan fingerprint density at radius 1 is 1.55 bits per heavy atom. The minimum absolute atomic E-state index is 1.06. The van der Waals surface area contributed by atoms with Crippen molar-refractivity contribution in [2.75, 3.05) is 13.6 Å². The van der Waals surface area contributed by atoms with Crippen molar-refractivity contribution in [3.63, 3.8) is 0 Å². The van der Waals surface area contributed by atoms with Crippen LogP contribution in [0.2, 0.25) is 0 Å². The summed E-state index contributed by atoms with van der Waals surface area (Å²) in [6, 6.07) is 0. The molecule has 0 bridgehead atoms. The largest absolute Gasteiger partial charge is 0.366 e. The van der Waals surface area contributed by atoms with Gasteiger partial charge in [-0.25, -0.2) is 4.99 Å². The summed E-state index contributed by atoms with van der Waals surface area (Å²) in [6.45, 7) is 7.22. The fourth-order valence-corrected chi connectivity index (χ4v) is 0.675. The van der Waals surface area contributed by atoms with Crippen LogP contribution in [0.15, 0.2) is 16.8 Å². The zero-order valence-electron chi connectivity index (χ0n) is 7.96. The topological polar surface area (TPSA) is 15.6 Å². The van der Waals surface area contributed by atoms with Gasteiger partial charge in [-0.3, -0.25) is 0 Å². The van der Waals surface area contributed by atoms with Gasteiger partial charge >= 0.3 is 0 Å². The number of aliphatic imine (C=N–C) groups is 1. The first-order chi connectivity index (χ1) is 5.20. The normalized spacial score (nSPS) is 12.5. The van der Waals surface area contributed by atoms with E-state index >= 15 is 0 Å². The summed E-state index contributed by atoms with van der Waals surface area (Å²) in [5, 5.41) is 0. The zero-order valence-corrected chi connectivity index (χ0v) is 7.96. The molecule has 0 unspecified atom stereocenters. The molecule has 64 valence electrons. The first-order valence-corrected chi connectivity index (χ1v) is 4.08. The Kier molecular flexibility index (Phi) is 5.53. The molecule has 0 amide bonds. The van der Waals surface area contributed by atoms with Crippen LogP contribution >= 0.6 is 0 Å². The Bertz CT molecular complexity index is 148. The first-order valence-electron chi connectivity index (χ1n) is 4.08. The van der Waals surface area contributed by atoms with Crippen LogP contribution in [0.5, 0.6) is 0 Å². The van der Waals surface area contributed by atoms with E-state index in [-0.39, 0.29) is 0 Å². The maximum atomic E-state index is 4.22. The predicted molar refractivity (Wildman–Crippen MR) is 50.8 cm³/mol. The molecular formula is C9H18N2. The standard InChI is InChI=1S/C9H18N2/c1-5-7-11(4)8-10-9(3)6-2/h6,8H,5,7H2,1-4H3/b9-6-,10-8-. The summed E-state index contributed by atoms with van der Waals surface area (Å²) < 4.78 is 0. The average Bonchev–Trinajstić information content (AvgIpc) is 2.01. The van der Waals surface area contributed by atoms with E-state index in [1.165, 1.54) is 0 Å². The highest BCUT2D eigenvalue weighted by molar-refractivity contribution is 5.56. The highest BCUT2D eigenvalue weighted by atomic mass is 15.1. The summed E-state index contributed by atoms with van der Waals surface area (Å²) in [5.41, 5.74) is 1.06. The lowest BCUT2D eigenvalue weighted by Crippen LogP contribution is -2.16. The molecular weight excluding hydrogens is 136 g/mol. The first kappa shape index (κ1) is 10.2. The maximum Gasteiger partial charge on any atom is 0.0905 e. The van der Waals surface area contributed by atoms with Crippen molar-refractivity contribution in [1.29, 1.82) is 0 Å². The Hall–Kier alpha value is -0.790. The van der Waals surface area contributed by atoms with E-state index < -0.39 is 0 Å². The lowest BCUT2D eigenvalue weighted by Gasteiger charge is -2.10. The zero-order chi connectivity index (χ0) is 8.69. The van der Waals surface area contributed by atoms with E-state index in [2.05, 4.69) is 16.8 Å². The van der Waals surface area contributed by atoms with Crippen LogP contribution in [-0.2, 0) is 0 Å². The molecule has 2 nitrogen and oxygen atoms in total. The summed E-state index contributed by atoms with van der Waals surface area (Å²) in [4.78, 5) is 6.31. The van der Waals surface area contributed by atoms with Crippen molar-refractivity contribution in [3.8, 4) is 0 Å². The molecule has 0 heterocycles.